The highest BCUT2D eigenvalue weighted by molar-refractivity contribution is 7.89. The van der Waals surface area contributed by atoms with Gasteiger partial charge in [0.1, 0.15) is 18.2 Å². The summed E-state index contributed by atoms with van der Waals surface area (Å²) in [6, 6.07) is 14.0. The third-order valence-corrected chi connectivity index (χ3v) is 9.86. The molecule has 1 aromatic heterocycles. The van der Waals surface area contributed by atoms with Gasteiger partial charge in [0, 0.05) is 24.6 Å². The molecule has 5 rings (SSSR count). The predicted molar refractivity (Wildman–Crippen MR) is 143 cm³/mol. The van der Waals surface area contributed by atoms with Crippen molar-refractivity contribution < 1.29 is 27.1 Å². The second-order valence-electron chi connectivity index (χ2n) is 9.66. The van der Waals surface area contributed by atoms with Crippen LogP contribution < -0.4 is 4.74 Å². The fraction of sp³-hybridized carbons (Fsp3) is 0.393. The second-order valence-corrected chi connectivity index (χ2v) is 12.6. The van der Waals surface area contributed by atoms with Gasteiger partial charge < -0.3 is 14.4 Å². The van der Waals surface area contributed by atoms with Gasteiger partial charge >= 0.3 is 0 Å². The number of fused-ring (bicyclic) bond motifs is 1. The van der Waals surface area contributed by atoms with E-state index in [9.17, 15) is 17.6 Å². The summed E-state index contributed by atoms with van der Waals surface area (Å²) in [6.45, 7) is 2.96. The summed E-state index contributed by atoms with van der Waals surface area (Å²) in [4.78, 5) is 16.8. The van der Waals surface area contributed by atoms with Gasteiger partial charge in [0.2, 0.25) is 15.9 Å². The normalized spacial score (nSPS) is 19.5. The van der Waals surface area contributed by atoms with E-state index in [1.165, 1.54) is 21.3 Å². The second kappa shape index (κ2) is 11.5. The Balaban J connectivity index is 1.38. The summed E-state index contributed by atoms with van der Waals surface area (Å²) in [6.07, 6.45) is 2.07. The summed E-state index contributed by atoms with van der Waals surface area (Å²) in [5.41, 5.74) is 1.96. The lowest BCUT2D eigenvalue weighted by atomic mass is 10.0. The van der Waals surface area contributed by atoms with Crippen LogP contribution in [0.25, 0.3) is 0 Å². The van der Waals surface area contributed by atoms with Crippen molar-refractivity contribution in [2.24, 2.45) is 0 Å². The number of thiophene rings is 1. The number of halogens is 1. The Morgan fingerprint density at radius 1 is 1.16 bits per heavy atom. The Morgan fingerprint density at radius 2 is 1.92 bits per heavy atom. The Hall–Kier alpha value is -2.79. The molecular formula is C28H31FN2O5S2. The highest BCUT2D eigenvalue weighted by Gasteiger charge is 2.36. The molecule has 0 aliphatic carbocycles. The molecule has 2 atom stereocenters. The first-order valence-corrected chi connectivity index (χ1v) is 15.1. The molecular weight excluding hydrogens is 527 g/mol. The van der Waals surface area contributed by atoms with E-state index in [1.807, 2.05) is 18.4 Å². The van der Waals surface area contributed by atoms with Crippen molar-refractivity contribution >= 4 is 27.3 Å². The average Bonchev–Trinajstić information content (AvgIpc) is 3.60. The van der Waals surface area contributed by atoms with Gasteiger partial charge in [0.25, 0.3) is 0 Å². The summed E-state index contributed by atoms with van der Waals surface area (Å²) in [5.74, 6) is -0.139. The molecule has 38 heavy (non-hydrogen) atoms. The maximum Gasteiger partial charge on any atom is 0.243 e. The van der Waals surface area contributed by atoms with E-state index in [0.717, 1.165) is 24.0 Å². The lowest BCUT2D eigenvalue weighted by Crippen LogP contribution is -2.49. The molecule has 2 aliphatic rings. The Morgan fingerprint density at radius 3 is 2.63 bits per heavy atom. The maximum absolute atomic E-state index is 13.8. The molecule has 2 aliphatic heterocycles. The van der Waals surface area contributed by atoms with Gasteiger partial charge in [-0.1, -0.05) is 17.7 Å². The van der Waals surface area contributed by atoms with Crippen molar-refractivity contribution in [1.29, 1.82) is 0 Å². The van der Waals surface area contributed by atoms with Crippen molar-refractivity contribution in [2.75, 3.05) is 32.8 Å². The van der Waals surface area contributed by atoms with E-state index in [4.69, 9.17) is 9.47 Å². The molecule has 0 unspecified atom stereocenters. The van der Waals surface area contributed by atoms with Crippen LogP contribution in [0.2, 0.25) is 0 Å². The van der Waals surface area contributed by atoms with Crippen molar-refractivity contribution in [3.8, 4) is 5.75 Å². The van der Waals surface area contributed by atoms with Gasteiger partial charge in [-0.3, -0.25) is 4.79 Å². The van der Waals surface area contributed by atoms with Crippen LogP contribution in [0.4, 0.5) is 4.39 Å². The lowest BCUT2D eigenvalue weighted by molar-refractivity contribution is -0.135. The molecule has 1 amide bonds. The Kier molecular flexibility index (Phi) is 8.13. The third-order valence-electron chi connectivity index (χ3n) is 7.04. The van der Waals surface area contributed by atoms with Crippen LogP contribution in [0.5, 0.6) is 5.75 Å². The number of carbonyl (C=O) groups excluding carboxylic acids is 1. The first-order valence-electron chi connectivity index (χ1n) is 12.7. The fourth-order valence-electron chi connectivity index (χ4n) is 4.94. The average molecular weight is 559 g/mol. The van der Waals surface area contributed by atoms with Crippen LogP contribution in [0, 0.1) is 12.7 Å². The van der Waals surface area contributed by atoms with E-state index >= 15 is 0 Å². The molecule has 0 radical (unpaired) electrons. The third kappa shape index (κ3) is 5.93. The molecule has 0 N–H and O–H groups in total. The SMILES string of the molecule is Cc1ccc(S(=O)(=O)N(CC(=O)N2CCc3sccc3[C@H]2COc2ccc(F)cc2)C[C@@H]2CCCO2)cc1. The topological polar surface area (TPSA) is 76.2 Å². The van der Waals surface area contributed by atoms with E-state index in [-0.39, 0.29) is 48.5 Å². The number of amides is 1. The quantitative estimate of drug-likeness (QED) is 0.385. The van der Waals surface area contributed by atoms with Gasteiger partial charge in [0.05, 0.1) is 23.6 Å². The van der Waals surface area contributed by atoms with Crippen molar-refractivity contribution in [3.63, 3.8) is 0 Å². The number of rotatable bonds is 9. The highest BCUT2D eigenvalue weighted by atomic mass is 32.2. The van der Waals surface area contributed by atoms with E-state index in [0.29, 0.717) is 25.3 Å². The number of ether oxygens (including phenoxy) is 2. The fourth-order valence-corrected chi connectivity index (χ4v) is 7.29. The standard InChI is InChI=1S/C28H31FN2O5S2/c1-20-4-10-24(11-5-20)38(33,34)30(17-23-3-2-15-35-23)18-28(32)31-14-12-27-25(13-16-37-27)26(31)19-36-22-8-6-21(29)7-9-22/h4-11,13,16,23,26H,2-3,12,14-15,17-19H2,1H3/t23-,26+/m0/s1. The van der Waals surface area contributed by atoms with Crippen LogP contribution >= 0.6 is 11.3 Å². The van der Waals surface area contributed by atoms with Crippen molar-refractivity contribution in [2.45, 2.75) is 43.2 Å². The number of aryl methyl sites for hydroxylation is 1. The van der Waals surface area contributed by atoms with Gasteiger partial charge in [-0.25, -0.2) is 12.8 Å². The van der Waals surface area contributed by atoms with Crippen molar-refractivity contribution in [3.05, 3.63) is 81.8 Å². The molecule has 1 saturated heterocycles. The summed E-state index contributed by atoms with van der Waals surface area (Å²) in [7, 11) is -3.92. The molecule has 10 heteroatoms. The maximum atomic E-state index is 13.8. The summed E-state index contributed by atoms with van der Waals surface area (Å²) in [5, 5.41) is 2.00. The van der Waals surface area contributed by atoms with Crippen LogP contribution in [-0.2, 0) is 26.0 Å². The van der Waals surface area contributed by atoms with Crippen molar-refractivity contribution in [1.82, 2.24) is 9.21 Å². The lowest BCUT2D eigenvalue weighted by Gasteiger charge is -2.37. The molecule has 3 heterocycles. The minimum absolute atomic E-state index is 0.121. The molecule has 7 nitrogen and oxygen atoms in total. The number of benzene rings is 2. The number of nitrogens with zero attached hydrogens (tertiary/aromatic N) is 2. The number of carbonyl (C=O) groups is 1. The van der Waals surface area contributed by atoms with E-state index in [1.54, 1.807) is 52.6 Å². The zero-order chi connectivity index (χ0) is 26.7. The summed E-state index contributed by atoms with van der Waals surface area (Å²) < 4.78 is 53.6. The van der Waals surface area contributed by atoms with Gasteiger partial charge in [0.15, 0.2) is 0 Å². The minimum Gasteiger partial charge on any atom is -0.491 e. The molecule has 0 bridgehead atoms. The van der Waals surface area contributed by atoms with Crippen LogP contribution in [0.3, 0.4) is 0 Å². The summed E-state index contributed by atoms with van der Waals surface area (Å²) >= 11 is 1.64. The molecule has 1 fully saturated rings. The molecule has 0 saturated carbocycles. The number of sulfonamides is 1. The first-order chi connectivity index (χ1) is 18.3. The van der Waals surface area contributed by atoms with Crippen LogP contribution in [-0.4, -0.2) is 62.5 Å². The highest BCUT2D eigenvalue weighted by Crippen LogP contribution is 2.34. The largest absolute Gasteiger partial charge is 0.491 e. The van der Waals surface area contributed by atoms with Gasteiger partial charge in [-0.2, -0.15) is 4.31 Å². The monoisotopic (exact) mass is 558 g/mol. The molecule has 3 aromatic rings. The van der Waals surface area contributed by atoms with Crippen LogP contribution in [0.15, 0.2) is 64.9 Å². The van der Waals surface area contributed by atoms with Gasteiger partial charge in [-0.15, -0.1) is 11.3 Å². The smallest absolute Gasteiger partial charge is 0.243 e. The Labute approximate surface area is 226 Å². The number of hydrogen-bond donors (Lipinski definition) is 0. The van der Waals surface area contributed by atoms with Crippen LogP contribution in [0.1, 0.15) is 34.9 Å². The zero-order valence-electron chi connectivity index (χ0n) is 21.2. The van der Waals surface area contributed by atoms with E-state index in [2.05, 4.69) is 0 Å². The Bertz CT molecular complexity index is 1350. The minimum atomic E-state index is -3.92. The molecule has 0 spiro atoms. The van der Waals surface area contributed by atoms with E-state index < -0.39 is 10.0 Å². The van der Waals surface area contributed by atoms with Gasteiger partial charge in [-0.05, 0) is 79.6 Å². The zero-order valence-corrected chi connectivity index (χ0v) is 22.8. The first kappa shape index (κ1) is 26.8. The molecule has 2 aromatic carbocycles. The number of hydrogen-bond acceptors (Lipinski definition) is 6. The molecule has 202 valence electrons. The predicted octanol–water partition coefficient (Wildman–Crippen LogP) is 4.57.